The predicted octanol–water partition coefficient (Wildman–Crippen LogP) is 4.60. The first-order valence-corrected chi connectivity index (χ1v) is 11.0. The molecule has 0 spiro atoms. The number of aryl methyl sites for hydroxylation is 1. The molecule has 5 rings (SSSR count). The Bertz CT molecular complexity index is 1440. The lowest BCUT2D eigenvalue weighted by Gasteiger charge is -2.12. The average Bonchev–Trinajstić information content (AvgIpc) is 3.48. The van der Waals surface area contributed by atoms with Crippen molar-refractivity contribution in [3.8, 4) is 28.2 Å². The molecule has 0 fully saturated rings. The van der Waals surface area contributed by atoms with E-state index >= 15 is 0 Å². The minimum Gasteiger partial charge on any atom is -0.478 e. The van der Waals surface area contributed by atoms with Gasteiger partial charge in [-0.15, -0.1) is 5.10 Å². The highest BCUT2D eigenvalue weighted by Crippen LogP contribution is 2.34. The predicted molar refractivity (Wildman–Crippen MR) is 123 cm³/mol. The molecule has 0 radical (unpaired) electrons. The highest BCUT2D eigenvalue weighted by molar-refractivity contribution is 7.98. The molecule has 8 nitrogen and oxygen atoms in total. The number of aromatic nitrogens is 6. The van der Waals surface area contributed by atoms with Crippen LogP contribution in [0.3, 0.4) is 0 Å². The van der Waals surface area contributed by atoms with Crippen molar-refractivity contribution in [2.24, 2.45) is 0 Å². The van der Waals surface area contributed by atoms with Crippen LogP contribution in [-0.4, -0.2) is 47.5 Å². The number of nitrogens with one attached hydrogen (secondary N) is 1. The number of carboxylic acid groups (broad SMARTS) is 1. The van der Waals surface area contributed by atoms with Gasteiger partial charge in [0.1, 0.15) is 0 Å². The van der Waals surface area contributed by atoms with Gasteiger partial charge in [-0.05, 0) is 58.5 Å². The molecule has 0 aliphatic rings. The number of tetrazole rings is 1. The lowest BCUT2D eigenvalue weighted by Crippen LogP contribution is -2.03. The standard InChI is InChI=1S/C23H18N6O2S/c1-13-7-12-18(22(30)31)20-19(13)24-23(32-2)29(20)15-10-8-14(9-11-15)16-5-3-4-6-17(16)21-25-27-28-26-21/h3-12H,1-2H3,(H,30,31)(H,25,26,27,28). The molecule has 32 heavy (non-hydrogen) atoms. The molecule has 3 aromatic carbocycles. The summed E-state index contributed by atoms with van der Waals surface area (Å²) >= 11 is 1.48. The number of fused-ring (bicyclic) bond motifs is 1. The zero-order valence-corrected chi connectivity index (χ0v) is 18.1. The molecule has 9 heteroatoms. The molecule has 0 unspecified atom stereocenters. The molecule has 0 bridgehead atoms. The van der Waals surface area contributed by atoms with E-state index in [2.05, 4.69) is 20.6 Å². The minimum atomic E-state index is -0.977. The summed E-state index contributed by atoms with van der Waals surface area (Å²) in [6, 6.07) is 19.3. The third-order valence-corrected chi connectivity index (χ3v) is 5.99. The van der Waals surface area contributed by atoms with Crippen LogP contribution in [0.2, 0.25) is 0 Å². The van der Waals surface area contributed by atoms with Crippen molar-refractivity contribution >= 4 is 28.8 Å². The van der Waals surface area contributed by atoms with Crippen molar-refractivity contribution < 1.29 is 9.90 Å². The molecule has 0 saturated heterocycles. The molecule has 0 amide bonds. The van der Waals surface area contributed by atoms with Crippen LogP contribution in [0.15, 0.2) is 65.8 Å². The Morgan fingerprint density at radius 1 is 1.03 bits per heavy atom. The lowest BCUT2D eigenvalue weighted by molar-refractivity contribution is 0.0698. The summed E-state index contributed by atoms with van der Waals surface area (Å²) in [5.74, 6) is -0.383. The van der Waals surface area contributed by atoms with Crippen molar-refractivity contribution in [1.82, 2.24) is 30.2 Å². The van der Waals surface area contributed by atoms with Gasteiger partial charge in [-0.3, -0.25) is 4.57 Å². The largest absolute Gasteiger partial charge is 0.478 e. The van der Waals surface area contributed by atoms with Gasteiger partial charge in [-0.2, -0.15) is 0 Å². The Hall–Kier alpha value is -3.98. The molecule has 0 aliphatic heterocycles. The third kappa shape index (κ3) is 3.23. The minimum absolute atomic E-state index is 0.227. The van der Waals surface area contributed by atoms with Gasteiger partial charge in [0, 0.05) is 11.3 Å². The first kappa shape index (κ1) is 20.0. The normalized spacial score (nSPS) is 11.2. The third-order valence-electron chi connectivity index (χ3n) is 5.35. The molecular weight excluding hydrogens is 424 g/mol. The van der Waals surface area contributed by atoms with E-state index in [1.54, 1.807) is 12.1 Å². The van der Waals surface area contributed by atoms with Crippen LogP contribution in [-0.2, 0) is 0 Å². The molecule has 0 aliphatic carbocycles. The van der Waals surface area contributed by atoms with Crippen LogP contribution in [0.1, 0.15) is 15.9 Å². The van der Waals surface area contributed by atoms with E-state index in [1.165, 1.54) is 11.8 Å². The average molecular weight is 443 g/mol. The molecule has 2 heterocycles. The van der Waals surface area contributed by atoms with Crippen LogP contribution in [0.25, 0.3) is 39.2 Å². The monoisotopic (exact) mass is 442 g/mol. The number of hydrogen-bond acceptors (Lipinski definition) is 6. The SMILES string of the molecule is CSc1nc2c(C)ccc(C(=O)O)c2n1-c1ccc(-c2ccccc2-c2nnn[nH]2)cc1. The van der Waals surface area contributed by atoms with Gasteiger partial charge in [-0.1, -0.05) is 54.2 Å². The Balaban J connectivity index is 1.67. The number of aromatic amines is 1. The van der Waals surface area contributed by atoms with Gasteiger partial charge in [-0.25, -0.2) is 14.9 Å². The molecule has 2 N–H and O–H groups in total. The van der Waals surface area contributed by atoms with Crippen LogP contribution in [0.5, 0.6) is 0 Å². The second-order valence-electron chi connectivity index (χ2n) is 7.21. The van der Waals surface area contributed by atoms with Gasteiger partial charge in [0.25, 0.3) is 0 Å². The van der Waals surface area contributed by atoms with Gasteiger partial charge in [0.2, 0.25) is 0 Å². The summed E-state index contributed by atoms with van der Waals surface area (Å²) in [6.45, 7) is 1.94. The van der Waals surface area contributed by atoms with E-state index in [9.17, 15) is 9.90 Å². The summed E-state index contributed by atoms with van der Waals surface area (Å²) in [6.07, 6.45) is 1.93. The zero-order chi connectivity index (χ0) is 22.2. The molecule has 0 atom stereocenters. The van der Waals surface area contributed by atoms with Crippen LogP contribution >= 0.6 is 11.8 Å². The number of rotatable bonds is 5. The maximum Gasteiger partial charge on any atom is 0.337 e. The van der Waals surface area contributed by atoms with Crippen LogP contribution < -0.4 is 0 Å². The Labute approximate surface area is 187 Å². The van der Waals surface area contributed by atoms with Gasteiger partial charge < -0.3 is 5.11 Å². The molecule has 158 valence electrons. The number of aromatic carboxylic acids is 1. The number of imidazole rings is 1. The molecule has 5 aromatic rings. The Morgan fingerprint density at radius 2 is 1.78 bits per heavy atom. The fourth-order valence-electron chi connectivity index (χ4n) is 3.84. The van der Waals surface area contributed by atoms with Gasteiger partial charge >= 0.3 is 5.97 Å². The van der Waals surface area contributed by atoms with Crippen molar-refractivity contribution in [2.45, 2.75) is 12.1 Å². The fraction of sp³-hybridized carbons (Fsp3) is 0.0870. The smallest absolute Gasteiger partial charge is 0.337 e. The van der Waals surface area contributed by atoms with E-state index in [-0.39, 0.29) is 5.56 Å². The number of carboxylic acids is 1. The highest BCUT2D eigenvalue weighted by atomic mass is 32.2. The van der Waals surface area contributed by atoms with E-state index in [0.717, 1.165) is 33.1 Å². The maximum absolute atomic E-state index is 11.9. The topological polar surface area (TPSA) is 110 Å². The second-order valence-corrected chi connectivity index (χ2v) is 7.98. The lowest BCUT2D eigenvalue weighted by atomic mass is 9.99. The zero-order valence-electron chi connectivity index (χ0n) is 17.3. The first-order valence-electron chi connectivity index (χ1n) is 9.81. The van der Waals surface area contributed by atoms with Crippen molar-refractivity contribution in [3.05, 3.63) is 71.8 Å². The van der Waals surface area contributed by atoms with Crippen molar-refractivity contribution in [3.63, 3.8) is 0 Å². The summed E-state index contributed by atoms with van der Waals surface area (Å²) in [4.78, 5) is 16.6. The van der Waals surface area contributed by atoms with E-state index < -0.39 is 5.97 Å². The molecule has 0 saturated carbocycles. The molecule has 2 aromatic heterocycles. The van der Waals surface area contributed by atoms with Gasteiger partial charge in [0.15, 0.2) is 11.0 Å². The summed E-state index contributed by atoms with van der Waals surface area (Å²) < 4.78 is 1.91. The number of hydrogen-bond donors (Lipinski definition) is 2. The van der Waals surface area contributed by atoms with Crippen LogP contribution in [0, 0.1) is 6.92 Å². The number of H-pyrrole nitrogens is 1. The van der Waals surface area contributed by atoms with E-state index in [0.29, 0.717) is 16.9 Å². The Morgan fingerprint density at radius 3 is 2.44 bits per heavy atom. The highest BCUT2D eigenvalue weighted by Gasteiger charge is 2.20. The second kappa shape index (κ2) is 7.93. The van der Waals surface area contributed by atoms with Crippen molar-refractivity contribution in [2.75, 3.05) is 6.26 Å². The fourth-order valence-corrected chi connectivity index (χ4v) is 4.40. The van der Waals surface area contributed by atoms with E-state index in [1.807, 2.05) is 66.3 Å². The maximum atomic E-state index is 11.9. The van der Waals surface area contributed by atoms with Crippen LogP contribution in [0.4, 0.5) is 0 Å². The number of nitrogens with zero attached hydrogens (tertiary/aromatic N) is 5. The Kier molecular flexibility index (Phi) is 4.95. The van der Waals surface area contributed by atoms with Crippen molar-refractivity contribution in [1.29, 1.82) is 0 Å². The first-order chi connectivity index (χ1) is 15.6. The van der Waals surface area contributed by atoms with E-state index in [4.69, 9.17) is 4.98 Å². The number of carbonyl (C=O) groups is 1. The number of thioether (sulfide) groups is 1. The van der Waals surface area contributed by atoms with Gasteiger partial charge in [0.05, 0.1) is 16.6 Å². The summed E-state index contributed by atoms with van der Waals surface area (Å²) in [5.41, 5.74) is 6.17. The summed E-state index contributed by atoms with van der Waals surface area (Å²) in [5, 5.41) is 24.7. The summed E-state index contributed by atoms with van der Waals surface area (Å²) in [7, 11) is 0. The molecular formula is C23H18N6O2S. The quantitative estimate of drug-likeness (QED) is 0.383. The number of benzene rings is 3.